The summed E-state index contributed by atoms with van der Waals surface area (Å²) in [6.07, 6.45) is 1.80. The number of nitrogens with one attached hydrogen (secondary N) is 1. The van der Waals surface area contributed by atoms with E-state index in [2.05, 4.69) is 12.2 Å². The van der Waals surface area contributed by atoms with E-state index in [1.54, 1.807) is 6.07 Å². The first kappa shape index (κ1) is 13.8. The summed E-state index contributed by atoms with van der Waals surface area (Å²) >= 11 is 11.8. The second-order valence-electron chi connectivity index (χ2n) is 3.90. The minimum atomic E-state index is 0.249. The minimum absolute atomic E-state index is 0.249. The predicted octanol–water partition coefficient (Wildman–Crippen LogP) is 3.24. The molecule has 0 bridgehead atoms. The fourth-order valence-electron chi connectivity index (χ4n) is 1.44. The van der Waals surface area contributed by atoms with Crippen LogP contribution in [0, 0.1) is 0 Å². The van der Waals surface area contributed by atoms with Crippen LogP contribution in [0.25, 0.3) is 0 Å². The zero-order chi connectivity index (χ0) is 12.0. The van der Waals surface area contributed by atoms with Crippen molar-refractivity contribution >= 4 is 23.2 Å². The van der Waals surface area contributed by atoms with Gasteiger partial charge in [-0.25, -0.2) is 0 Å². The molecule has 0 amide bonds. The van der Waals surface area contributed by atoms with Gasteiger partial charge >= 0.3 is 0 Å². The van der Waals surface area contributed by atoms with Crippen LogP contribution in [-0.4, -0.2) is 17.8 Å². The summed E-state index contributed by atoms with van der Waals surface area (Å²) in [7, 11) is 0. The molecule has 0 aliphatic carbocycles. The Kier molecular flexibility index (Phi) is 6.14. The fraction of sp³-hybridized carbons (Fsp3) is 0.500. The molecule has 2 nitrogen and oxygen atoms in total. The van der Waals surface area contributed by atoms with Gasteiger partial charge in [0.2, 0.25) is 0 Å². The molecule has 1 unspecified atom stereocenters. The summed E-state index contributed by atoms with van der Waals surface area (Å²) in [4.78, 5) is 0. The van der Waals surface area contributed by atoms with Gasteiger partial charge in [-0.3, -0.25) is 0 Å². The summed E-state index contributed by atoms with van der Waals surface area (Å²) < 4.78 is 0. The Bertz CT molecular complexity index is 331. The van der Waals surface area contributed by atoms with Crippen LogP contribution >= 0.6 is 23.2 Å². The molecule has 1 rings (SSSR count). The Balaban J connectivity index is 2.39. The first-order valence-corrected chi connectivity index (χ1v) is 6.17. The quantitative estimate of drug-likeness (QED) is 0.824. The van der Waals surface area contributed by atoms with Crippen LogP contribution in [0.1, 0.15) is 25.3 Å². The molecule has 4 heteroatoms. The topological polar surface area (TPSA) is 32.3 Å². The molecular weight excluding hydrogens is 245 g/mol. The average molecular weight is 262 g/mol. The lowest BCUT2D eigenvalue weighted by atomic mass is 10.1. The smallest absolute Gasteiger partial charge is 0.0595 e. The van der Waals surface area contributed by atoms with Gasteiger partial charge in [-0.1, -0.05) is 29.3 Å². The predicted molar refractivity (Wildman–Crippen MR) is 69.1 cm³/mol. The van der Waals surface area contributed by atoms with Gasteiger partial charge in [0.05, 0.1) is 10.0 Å². The van der Waals surface area contributed by atoms with Crippen LogP contribution in [0.5, 0.6) is 0 Å². The zero-order valence-corrected chi connectivity index (χ0v) is 10.9. The Labute approximate surface area is 107 Å². The van der Waals surface area contributed by atoms with E-state index in [0.29, 0.717) is 16.1 Å². The largest absolute Gasteiger partial charge is 0.396 e. The van der Waals surface area contributed by atoms with Crippen LogP contribution < -0.4 is 5.32 Å². The molecule has 16 heavy (non-hydrogen) atoms. The number of aliphatic hydroxyl groups excluding tert-OH is 1. The second-order valence-corrected chi connectivity index (χ2v) is 4.71. The molecule has 0 fully saturated rings. The van der Waals surface area contributed by atoms with Gasteiger partial charge in [0.1, 0.15) is 0 Å². The number of rotatable bonds is 6. The molecule has 0 heterocycles. The lowest BCUT2D eigenvalue weighted by Crippen LogP contribution is -2.25. The molecule has 2 N–H and O–H groups in total. The summed E-state index contributed by atoms with van der Waals surface area (Å²) in [6, 6.07) is 6.02. The molecule has 0 aromatic heterocycles. The van der Waals surface area contributed by atoms with Crippen LogP contribution in [0.2, 0.25) is 10.0 Å². The van der Waals surface area contributed by atoms with Crippen molar-refractivity contribution in [1.82, 2.24) is 5.32 Å². The monoisotopic (exact) mass is 261 g/mol. The highest BCUT2D eigenvalue weighted by Gasteiger charge is 2.03. The Morgan fingerprint density at radius 1 is 1.31 bits per heavy atom. The van der Waals surface area contributed by atoms with Crippen molar-refractivity contribution in [1.29, 1.82) is 0 Å². The standard InChI is InChI=1S/C12H17Cl2NO/c1-9(3-2-6-16)15-8-10-4-5-11(13)12(14)7-10/h4-5,7,9,15-16H,2-3,6,8H2,1H3. The third-order valence-electron chi connectivity index (χ3n) is 2.43. The Hall–Kier alpha value is -0.280. The number of halogens is 2. The third-order valence-corrected chi connectivity index (χ3v) is 3.17. The van der Waals surface area contributed by atoms with Gasteiger partial charge in [-0.15, -0.1) is 0 Å². The lowest BCUT2D eigenvalue weighted by molar-refractivity contribution is 0.276. The molecule has 1 atom stereocenters. The maximum Gasteiger partial charge on any atom is 0.0595 e. The minimum Gasteiger partial charge on any atom is -0.396 e. The molecule has 0 aliphatic rings. The average Bonchev–Trinajstić information content (AvgIpc) is 2.28. The van der Waals surface area contributed by atoms with E-state index in [-0.39, 0.29) is 6.61 Å². The van der Waals surface area contributed by atoms with Crippen LogP contribution in [0.15, 0.2) is 18.2 Å². The lowest BCUT2D eigenvalue weighted by Gasteiger charge is -2.13. The molecule has 0 spiro atoms. The van der Waals surface area contributed by atoms with E-state index in [1.807, 2.05) is 12.1 Å². The normalized spacial score (nSPS) is 12.8. The highest BCUT2D eigenvalue weighted by molar-refractivity contribution is 6.42. The summed E-state index contributed by atoms with van der Waals surface area (Å²) in [6.45, 7) is 3.12. The number of benzene rings is 1. The Morgan fingerprint density at radius 3 is 2.69 bits per heavy atom. The summed E-state index contributed by atoms with van der Waals surface area (Å²) in [5.74, 6) is 0. The second kappa shape index (κ2) is 7.13. The van der Waals surface area contributed by atoms with Gasteiger partial charge in [-0.2, -0.15) is 0 Å². The molecule has 90 valence electrons. The summed E-state index contributed by atoms with van der Waals surface area (Å²) in [5, 5.41) is 13.2. The molecule has 0 saturated carbocycles. The first-order chi connectivity index (χ1) is 7.63. The first-order valence-electron chi connectivity index (χ1n) is 5.41. The van der Waals surface area contributed by atoms with Crippen LogP contribution in [0.4, 0.5) is 0 Å². The van der Waals surface area contributed by atoms with E-state index in [1.165, 1.54) is 0 Å². The van der Waals surface area contributed by atoms with Crippen molar-refractivity contribution in [2.75, 3.05) is 6.61 Å². The van der Waals surface area contributed by atoms with Crippen molar-refractivity contribution in [3.8, 4) is 0 Å². The highest BCUT2D eigenvalue weighted by Crippen LogP contribution is 2.22. The number of aliphatic hydroxyl groups is 1. The Morgan fingerprint density at radius 2 is 2.06 bits per heavy atom. The maximum atomic E-state index is 8.71. The SMILES string of the molecule is CC(CCCO)NCc1ccc(Cl)c(Cl)c1. The van der Waals surface area contributed by atoms with Crippen molar-refractivity contribution < 1.29 is 5.11 Å². The van der Waals surface area contributed by atoms with Gasteiger partial charge in [-0.05, 0) is 37.5 Å². The number of hydrogen-bond acceptors (Lipinski definition) is 2. The third kappa shape index (κ3) is 4.71. The molecule has 0 saturated heterocycles. The van der Waals surface area contributed by atoms with Gasteiger partial charge in [0.25, 0.3) is 0 Å². The molecular formula is C12H17Cl2NO. The van der Waals surface area contributed by atoms with Gasteiger partial charge in [0.15, 0.2) is 0 Å². The fourth-order valence-corrected chi connectivity index (χ4v) is 1.76. The van der Waals surface area contributed by atoms with Crippen molar-refractivity contribution in [2.24, 2.45) is 0 Å². The zero-order valence-electron chi connectivity index (χ0n) is 9.34. The van der Waals surface area contributed by atoms with Gasteiger partial charge < -0.3 is 10.4 Å². The van der Waals surface area contributed by atoms with E-state index in [9.17, 15) is 0 Å². The maximum absolute atomic E-state index is 8.71. The van der Waals surface area contributed by atoms with E-state index < -0.39 is 0 Å². The van der Waals surface area contributed by atoms with E-state index >= 15 is 0 Å². The summed E-state index contributed by atoms with van der Waals surface area (Å²) in [5.41, 5.74) is 1.12. The molecule has 0 aliphatic heterocycles. The van der Waals surface area contributed by atoms with Crippen LogP contribution in [-0.2, 0) is 6.54 Å². The van der Waals surface area contributed by atoms with E-state index in [0.717, 1.165) is 24.9 Å². The van der Waals surface area contributed by atoms with Crippen molar-refractivity contribution in [3.63, 3.8) is 0 Å². The van der Waals surface area contributed by atoms with Crippen molar-refractivity contribution in [3.05, 3.63) is 33.8 Å². The van der Waals surface area contributed by atoms with E-state index in [4.69, 9.17) is 28.3 Å². The van der Waals surface area contributed by atoms with Gasteiger partial charge in [0, 0.05) is 19.2 Å². The highest BCUT2D eigenvalue weighted by atomic mass is 35.5. The van der Waals surface area contributed by atoms with Crippen molar-refractivity contribution in [2.45, 2.75) is 32.4 Å². The molecule has 1 aromatic carbocycles. The molecule has 0 radical (unpaired) electrons. The van der Waals surface area contributed by atoms with Crippen LogP contribution in [0.3, 0.4) is 0 Å². The molecule has 1 aromatic rings. The number of hydrogen-bond donors (Lipinski definition) is 2.